The Labute approximate surface area is 104 Å². The molecule has 0 aromatic carbocycles. The second-order valence-electron chi connectivity index (χ2n) is 2.46. The summed E-state index contributed by atoms with van der Waals surface area (Å²) >= 11 is 3.14. The molecule has 0 N–H and O–H groups in total. The van der Waals surface area contributed by atoms with Crippen molar-refractivity contribution in [2.24, 2.45) is 0 Å². The molecule has 1 atom stereocenters. The van der Waals surface area contributed by atoms with E-state index in [0.717, 1.165) is 19.3 Å². The molecule has 0 fully saturated rings. The van der Waals surface area contributed by atoms with Gasteiger partial charge in [0.1, 0.15) is 0 Å². The molecule has 0 spiro atoms. The molecule has 0 aliphatic carbocycles. The van der Waals surface area contributed by atoms with Crippen molar-refractivity contribution in [1.29, 1.82) is 0 Å². The van der Waals surface area contributed by atoms with Crippen molar-refractivity contribution >= 4 is 26.0 Å². The van der Waals surface area contributed by atoms with Crippen molar-refractivity contribution in [2.75, 3.05) is 5.75 Å². The Morgan fingerprint density at radius 2 is 2.00 bits per heavy atom. The molecule has 0 saturated carbocycles. The van der Waals surface area contributed by atoms with Gasteiger partial charge in [-0.3, -0.25) is 0 Å². The summed E-state index contributed by atoms with van der Waals surface area (Å²) in [5, 5.41) is 0. The van der Waals surface area contributed by atoms with Gasteiger partial charge in [-0.05, 0) is 6.42 Å². The van der Waals surface area contributed by atoms with E-state index in [1.54, 1.807) is 0 Å². The van der Waals surface area contributed by atoms with Gasteiger partial charge in [0.15, 0.2) is 0 Å². The molecule has 0 aliphatic rings. The fourth-order valence-corrected chi connectivity index (χ4v) is 2.64. The molecule has 0 saturated heterocycles. The standard InChI is InChI=1S/C6H13BrO3S.Na/c1-2-3-4-6(7)5-11(8,9)10;/h6H,2-5H2,1H3,(H,8,9,10);/q;+1/p-1. The van der Waals surface area contributed by atoms with Crippen molar-refractivity contribution in [2.45, 2.75) is 31.0 Å². The zero-order valence-electron chi connectivity index (χ0n) is 7.42. The second kappa shape index (κ2) is 7.76. The molecule has 0 rings (SSSR count). The van der Waals surface area contributed by atoms with Gasteiger partial charge in [-0.1, -0.05) is 35.7 Å². The Morgan fingerprint density at radius 1 is 1.50 bits per heavy atom. The van der Waals surface area contributed by atoms with E-state index in [1.165, 1.54) is 0 Å². The summed E-state index contributed by atoms with van der Waals surface area (Å²) in [5.74, 6) is -0.299. The minimum absolute atomic E-state index is 0. The van der Waals surface area contributed by atoms with Crippen LogP contribution in [0.25, 0.3) is 0 Å². The molecule has 0 aromatic rings. The van der Waals surface area contributed by atoms with Crippen molar-refractivity contribution in [3.63, 3.8) is 0 Å². The van der Waals surface area contributed by atoms with Crippen molar-refractivity contribution in [1.82, 2.24) is 0 Å². The van der Waals surface area contributed by atoms with E-state index in [-0.39, 0.29) is 40.1 Å². The molecule has 0 radical (unpaired) electrons. The van der Waals surface area contributed by atoms with Crippen LogP contribution < -0.4 is 29.6 Å². The maximum atomic E-state index is 10.2. The minimum Gasteiger partial charge on any atom is -0.748 e. The van der Waals surface area contributed by atoms with E-state index >= 15 is 0 Å². The number of halogens is 1. The molecular formula is C6H12BrNaO3S. The van der Waals surface area contributed by atoms with E-state index in [2.05, 4.69) is 15.9 Å². The number of unbranched alkanes of at least 4 members (excludes halogenated alkanes) is 1. The Bertz CT molecular complexity index is 193. The van der Waals surface area contributed by atoms with Crippen LogP contribution >= 0.6 is 15.9 Å². The topological polar surface area (TPSA) is 57.2 Å². The number of alkyl halides is 1. The summed E-state index contributed by atoms with van der Waals surface area (Å²) in [6.07, 6.45) is 2.71. The average Bonchev–Trinajstić information content (AvgIpc) is 1.79. The van der Waals surface area contributed by atoms with Gasteiger partial charge in [-0.15, -0.1) is 0 Å². The molecule has 3 nitrogen and oxygen atoms in total. The predicted molar refractivity (Wildman–Crippen MR) is 46.8 cm³/mol. The molecule has 0 aliphatic heterocycles. The van der Waals surface area contributed by atoms with Gasteiger partial charge in [-0.2, -0.15) is 0 Å². The maximum absolute atomic E-state index is 10.2. The third-order valence-electron chi connectivity index (χ3n) is 1.26. The van der Waals surface area contributed by atoms with E-state index in [4.69, 9.17) is 0 Å². The van der Waals surface area contributed by atoms with Crippen molar-refractivity contribution < 1.29 is 42.5 Å². The van der Waals surface area contributed by atoms with E-state index in [0.29, 0.717) is 0 Å². The van der Waals surface area contributed by atoms with Crippen LogP contribution in [0.2, 0.25) is 0 Å². The van der Waals surface area contributed by atoms with Gasteiger partial charge in [0, 0.05) is 4.83 Å². The Morgan fingerprint density at radius 3 is 2.33 bits per heavy atom. The molecule has 12 heavy (non-hydrogen) atoms. The van der Waals surface area contributed by atoms with Crippen LogP contribution in [0.4, 0.5) is 0 Å². The van der Waals surface area contributed by atoms with Gasteiger partial charge in [0.2, 0.25) is 0 Å². The normalized spacial score (nSPS) is 13.6. The van der Waals surface area contributed by atoms with Gasteiger partial charge in [0.25, 0.3) is 0 Å². The molecule has 0 aromatic heterocycles. The monoisotopic (exact) mass is 266 g/mol. The van der Waals surface area contributed by atoms with Crippen LogP contribution in [-0.4, -0.2) is 23.6 Å². The summed E-state index contributed by atoms with van der Waals surface area (Å²) in [4.78, 5) is -0.176. The molecule has 0 bridgehead atoms. The van der Waals surface area contributed by atoms with Crippen LogP contribution in [-0.2, 0) is 10.1 Å². The minimum atomic E-state index is -4.05. The summed E-state index contributed by atoms with van der Waals surface area (Å²) < 4.78 is 30.7. The fraction of sp³-hybridized carbons (Fsp3) is 1.00. The Hall–Kier alpha value is 1.39. The first-order valence-corrected chi connectivity index (χ1v) is 6.02. The molecular weight excluding hydrogens is 255 g/mol. The molecule has 6 heteroatoms. The Balaban J connectivity index is 0. The third kappa shape index (κ3) is 11.4. The summed E-state index contributed by atoms with van der Waals surface area (Å²) in [6, 6.07) is 0. The van der Waals surface area contributed by atoms with Gasteiger partial charge < -0.3 is 4.55 Å². The predicted octanol–water partition coefficient (Wildman–Crippen LogP) is -1.51. The maximum Gasteiger partial charge on any atom is 1.00 e. The largest absolute Gasteiger partial charge is 1.00 e. The average molecular weight is 267 g/mol. The van der Waals surface area contributed by atoms with Crippen LogP contribution in [0.3, 0.4) is 0 Å². The smallest absolute Gasteiger partial charge is 0.748 e. The number of hydrogen-bond acceptors (Lipinski definition) is 3. The zero-order valence-corrected chi connectivity index (χ0v) is 11.8. The second-order valence-corrected chi connectivity index (χ2v) is 5.21. The molecule has 0 heterocycles. The van der Waals surface area contributed by atoms with Crippen molar-refractivity contribution in [3.05, 3.63) is 0 Å². The fourth-order valence-electron chi connectivity index (χ4n) is 0.730. The van der Waals surface area contributed by atoms with Crippen molar-refractivity contribution in [3.8, 4) is 0 Å². The quantitative estimate of drug-likeness (QED) is 0.346. The SMILES string of the molecule is CCCCC(Br)CS(=O)(=O)[O-].[Na+]. The third-order valence-corrected chi connectivity index (χ3v) is 3.28. The van der Waals surface area contributed by atoms with E-state index in [1.807, 2.05) is 6.92 Å². The number of hydrogen-bond donors (Lipinski definition) is 0. The first kappa shape index (κ1) is 15.8. The van der Waals surface area contributed by atoms with E-state index in [9.17, 15) is 13.0 Å². The van der Waals surface area contributed by atoms with Crippen LogP contribution in [0.1, 0.15) is 26.2 Å². The van der Waals surface area contributed by atoms with Crippen LogP contribution in [0.5, 0.6) is 0 Å². The first-order valence-electron chi connectivity index (χ1n) is 3.53. The summed E-state index contributed by atoms with van der Waals surface area (Å²) in [6.45, 7) is 2.02. The zero-order chi connectivity index (χ0) is 8.91. The molecule has 1 unspecified atom stereocenters. The van der Waals surface area contributed by atoms with Gasteiger partial charge in [0.05, 0.1) is 15.9 Å². The Kier molecular flexibility index (Phi) is 10.2. The van der Waals surface area contributed by atoms with Crippen LogP contribution in [0.15, 0.2) is 0 Å². The number of rotatable bonds is 5. The summed E-state index contributed by atoms with van der Waals surface area (Å²) in [5.41, 5.74) is 0. The van der Waals surface area contributed by atoms with Gasteiger partial charge >= 0.3 is 29.6 Å². The first-order chi connectivity index (χ1) is 4.95. The van der Waals surface area contributed by atoms with Gasteiger partial charge in [-0.25, -0.2) is 8.42 Å². The van der Waals surface area contributed by atoms with Crippen LogP contribution in [0, 0.1) is 0 Å². The van der Waals surface area contributed by atoms with E-state index < -0.39 is 10.1 Å². The molecule has 0 amide bonds. The molecule has 68 valence electrons. The summed E-state index contributed by atoms with van der Waals surface area (Å²) in [7, 11) is -4.05.